The molecule has 1 aromatic carbocycles. The third-order valence-electron chi connectivity index (χ3n) is 3.47. The summed E-state index contributed by atoms with van der Waals surface area (Å²) in [5.41, 5.74) is 2.49. The fourth-order valence-electron chi connectivity index (χ4n) is 2.32. The number of benzene rings is 1. The molecule has 0 radical (unpaired) electrons. The number of nitrogens with zero attached hydrogens (tertiary/aromatic N) is 4. The zero-order valence-corrected chi connectivity index (χ0v) is 15.6. The molecule has 0 spiro atoms. The molecule has 25 heavy (non-hydrogen) atoms. The van der Waals surface area contributed by atoms with E-state index in [1.165, 1.54) is 11.3 Å². The summed E-state index contributed by atoms with van der Waals surface area (Å²) in [4.78, 5) is 29.5. The second kappa shape index (κ2) is 7.24. The number of carbonyl (C=O) groups is 2. The first-order valence-electron chi connectivity index (χ1n) is 7.63. The molecule has 0 aliphatic rings. The van der Waals surface area contributed by atoms with Gasteiger partial charge in [-0.25, -0.2) is 0 Å². The third kappa shape index (κ3) is 3.67. The van der Waals surface area contributed by atoms with Gasteiger partial charge in [-0.2, -0.15) is 4.99 Å². The summed E-state index contributed by atoms with van der Waals surface area (Å²) >= 11 is 2.37. The Bertz CT molecular complexity index is 1020. The molecule has 0 N–H and O–H groups in total. The summed E-state index contributed by atoms with van der Waals surface area (Å²) in [6, 6.07) is 5.88. The van der Waals surface area contributed by atoms with E-state index in [-0.39, 0.29) is 12.5 Å². The lowest BCUT2D eigenvalue weighted by Gasteiger charge is -2.05. The van der Waals surface area contributed by atoms with E-state index in [2.05, 4.69) is 14.6 Å². The highest BCUT2D eigenvalue weighted by molar-refractivity contribution is 7.16. The first-order valence-corrected chi connectivity index (χ1v) is 9.22. The molecule has 3 aromatic rings. The molecule has 0 unspecified atom stereocenters. The van der Waals surface area contributed by atoms with Crippen LogP contribution in [0.3, 0.4) is 0 Å². The van der Waals surface area contributed by atoms with Gasteiger partial charge < -0.3 is 9.30 Å². The highest BCUT2D eigenvalue weighted by Gasteiger charge is 2.15. The van der Waals surface area contributed by atoms with Crippen molar-refractivity contribution in [3.63, 3.8) is 0 Å². The van der Waals surface area contributed by atoms with Crippen molar-refractivity contribution >= 4 is 45.0 Å². The maximum absolute atomic E-state index is 12.4. The van der Waals surface area contributed by atoms with Crippen molar-refractivity contribution in [2.24, 2.45) is 4.99 Å². The SMILES string of the molecule is CCOC(=O)Cn1c(=NC(=O)c2snnc2C)sc2cc(C)ccc21. The zero-order chi connectivity index (χ0) is 18.0. The topological polar surface area (TPSA) is 86.4 Å². The van der Waals surface area contributed by atoms with Crippen LogP contribution in [0.5, 0.6) is 0 Å². The lowest BCUT2D eigenvalue weighted by molar-refractivity contribution is -0.143. The maximum Gasteiger partial charge on any atom is 0.326 e. The highest BCUT2D eigenvalue weighted by atomic mass is 32.1. The average molecular weight is 376 g/mol. The van der Waals surface area contributed by atoms with Gasteiger partial charge in [-0.3, -0.25) is 9.59 Å². The molecular weight excluding hydrogens is 360 g/mol. The lowest BCUT2D eigenvalue weighted by atomic mass is 10.2. The molecule has 7 nitrogen and oxygen atoms in total. The predicted octanol–water partition coefficient (Wildman–Crippen LogP) is 2.48. The molecule has 1 amide bonds. The van der Waals surface area contributed by atoms with Gasteiger partial charge in [0.15, 0.2) is 4.80 Å². The summed E-state index contributed by atoms with van der Waals surface area (Å²) in [6.07, 6.45) is 0. The van der Waals surface area contributed by atoms with Crippen LogP contribution in [0.4, 0.5) is 0 Å². The van der Waals surface area contributed by atoms with Crippen LogP contribution < -0.4 is 4.80 Å². The number of thiazole rings is 1. The van der Waals surface area contributed by atoms with Gasteiger partial charge in [-0.1, -0.05) is 21.9 Å². The van der Waals surface area contributed by atoms with Crippen LogP contribution in [0.2, 0.25) is 0 Å². The fourth-order valence-corrected chi connectivity index (χ4v) is 3.99. The number of hydrogen-bond acceptors (Lipinski definition) is 7. The molecule has 0 aliphatic carbocycles. The number of hydrogen-bond donors (Lipinski definition) is 0. The average Bonchev–Trinajstić information content (AvgIpc) is 3.11. The largest absolute Gasteiger partial charge is 0.465 e. The Hall–Kier alpha value is -2.39. The van der Waals surface area contributed by atoms with Gasteiger partial charge in [0.25, 0.3) is 5.91 Å². The van der Waals surface area contributed by atoms with Gasteiger partial charge in [-0.05, 0) is 50.0 Å². The minimum Gasteiger partial charge on any atom is -0.465 e. The Labute approximate surface area is 151 Å². The van der Waals surface area contributed by atoms with Crippen LogP contribution in [0.15, 0.2) is 23.2 Å². The molecule has 3 rings (SSSR count). The number of aromatic nitrogens is 3. The number of carbonyl (C=O) groups excluding carboxylic acids is 2. The molecule has 0 atom stereocenters. The molecule has 0 fully saturated rings. The summed E-state index contributed by atoms with van der Waals surface area (Å²) in [5, 5.41) is 3.84. The van der Waals surface area contributed by atoms with Crippen molar-refractivity contribution in [1.82, 2.24) is 14.2 Å². The molecule has 2 aromatic heterocycles. The minimum atomic E-state index is -0.409. The van der Waals surface area contributed by atoms with Gasteiger partial charge in [0.1, 0.15) is 11.4 Å². The number of ether oxygens (including phenoxy) is 1. The smallest absolute Gasteiger partial charge is 0.326 e. The molecule has 0 bridgehead atoms. The Morgan fingerprint density at radius 3 is 2.80 bits per heavy atom. The van der Waals surface area contributed by atoms with Crippen molar-refractivity contribution in [1.29, 1.82) is 0 Å². The first-order chi connectivity index (χ1) is 12.0. The molecule has 2 heterocycles. The van der Waals surface area contributed by atoms with E-state index in [0.717, 1.165) is 27.3 Å². The van der Waals surface area contributed by atoms with E-state index in [4.69, 9.17) is 4.74 Å². The second-order valence-electron chi connectivity index (χ2n) is 5.35. The number of aryl methyl sites for hydroxylation is 2. The Morgan fingerprint density at radius 1 is 1.32 bits per heavy atom. The summed E-state index contributed by atoms with van der Waals surface area (Å²) in [6.45, 7) is 5.77. The van der Waals surface area contributed by atoms with Gasteiger partial charge >= 0.3 is 5.97 Å². The first kappa shape index (κ1) is 17.4. The Morgan fingerprint density at radius 2 is 2.12 bits per heavy atom. The van der Waals surface area contributed by atoms with Gasteiger partial charge in [0.2, 0.25) is 0 Å². The summed E-state index contributed by atoms with van der Waals surface area (Å²) < 4.78 is 11.5. The number of fused-ring (bicyclic) bond motifs is 1. The van der Waals surface area contributed by atoms with Crippen LogP contribution in [0, 0.1) is 13.8 Å². The van der Waals surface area contributed by atoms with E-state index in [0.29, 0.717) is 22.0 Å². The van der Waals surface area contributed by atoms with E-state index in [1.54, 1.807) is 18.4 Å². The summed E-state index contributed by atoms with van der Waals surface area (Å²) in [5.74, 6) is -0.777. The highest BCUT2D eigenvalue weighted by Crippen LogP contribution is 2.19. The fraction of sp³-hybridized carbons (Fsp3) is 0.312. The van der Waals surface area contributed by atoms with Gasteiger partial charge in [0, 0.05) is 0 Å². The quantitative estimate of drug-likeness (QED) is 0.653. The molecule has 0 saturated carbocycles. The van der Waals surface area contributed by atoms with Crippen molar-refractivity contribution in [2.45, 2.75) is 27.3 Å². The number of esters is 1. The second-order valence-corrected chi connectivity index (χ2v) is 7.11. The van der Waals surface area contributed by atoms with Crippen molar-refractivity contribution < 1.29 is 14.3 Å². The van der Waals surface area contributed by atoms with Crippen molar-refractivity contribution in [2.75, 3.05) is 6.61 Å². The van der Waals surface area contributed by atoms with Gasteiger partial charge in [0.05, 0.1) is 22.5 Å². The molecule has 130 valence electrons. The normalized spacial score (nSPS) is 11.9. The Balaban J connectivity index is 2.12. The number of amides is 1. The maximum atomic E-state index is 12.4. The van der Waals surface area contributed by atoms with E-state index in [1.807, 2.05) is 25.1 Å². The summed E-state index contributed by atoms with van der Waals surface area (Å²) in [7, 11) is 0. The number of rotatable bonds is 4. The van der Waals surface area contributed by atoms with Crippen LogP contribution in [0.1, 0.15) is 27.9 Å². The van der Waals surface area contributed by atoms with Crippen LogP contribution >= 0.6 is 22.9 Å². The predicted molar refractivity (Wildman–Crippen MR) is 95.7 cm³/mol. The monoisotopic (exact) mass is 376 g/mol. The van der Waals surface area contributed by atoms with Gasteiger partial charge in [-0.15, -0.1) is 5.10 Å². The van der Waals surface area contributed by atoms with E-state index >= 15 is 0 Å². The van der Waals surface area contributed by atoms with Crippen LogP contribution in [-0.4, -0.2) is 32.6 Å². The molecule has 0 aliphatic heterocycles. The molecular formula is C16H16N4O3S2. The van der Waals surface area contributed by atoms with Crippen LogP contribution in [0.25, 0.3) is 10.2 Å². The van der Waals surface area contributed by atoms with Crippen molar-refractivity contribution in [3.05, 3.63) is 39.1 Å². The third-order valence-corrected chi connectivity index (χ3v) is 5.33. The zero-order valence-electron chi connectivity index (χ0n) is 14.0. The van der Waals surface area contributed by atoms with E-state index < -0.39 is 5.91 Å². The molecule has 0 saturated heterocycles. The van der Waals surface area contributed by atoms with E-state index in [9.17, 15) is 9.59 Å². The minimum absolute atomic E-state index is 0.00291. The molecule has 9 heteroatoms. The van der Waals surface area contributed by atoms with Crippen LogP contribution in [-0.2, 0) is 16.1 Å². The lowest BCUT2D eigenvalue weighted by Crippen LogP contribution is -2.23. The Kier molecular flexibility index (Phi) is 5.05. The standard InChI is InChI=1S/C16H16N4O3S2/c1-4-23-13(21)8-20-11-6-5-9(2)7-12(11)24-16(20)17-15(22)14-10(3)18-19-25-14/h5-7H,4,8H2,1-3H3. The van der Waals surface area contributed by atoms with Crippen molar-refractivity contribution in [3.8, 4) is 0 Å².